The van der Waals surface area contributed by atoms with Gasteiger partial charge in [-0.05, 0) is 36.4 Å². The highest BCUT2D eigenvalue weighted by Gasteiger charge is 2.21. The van der Waals surface area contributed by atoms with Crippen LogP contribution in [0.25, 0.3) is 16.9 Å². The van der Waals surface area contributed by atoms with Gasteiger partial charge in [-0.15, -0.1) is 0 Å². The first-order valence-corrected chi connectivity index (χ1v) is 8.89. The maximum atomic E-state index is 13.3. The van der Waals surface area contributed by atoms with Crippen molar-refractivity contribution in [3.05, 3.63) is 72.2 Å². The highest BCUT2D eigenvalue weighted by atomic mass is 19.1. The molecule has 2 aromatic carbocycles. The number of methoxy groups -OCH3 is 1. The third-order valence-electron chi connectivity index (χ3n) is 4.06. The summed E-state index contributed by atoms with van der Waals surface area (Å²) in [5.41, 5.74) is 1.59. The fourth-order valence-electron chi connectivity index (χ4n) is 2.56. The molecule has 0 spiro atoms. The normalized spacial score (nSPS) is 10.3. The molecule has 154 valence electrons. The number of carbonyl (C=O) groups excluding carboxylic acids is 3. The molecule has 0 radical (unpaired) electrons. The fourth-order valence-corrected chi connectivity index (χ4v) is 2.56. The van der Waals surface area contributed by atoms with E-state index in [0.717, 1.165) is 0 Å². The lowest BCUT2D eigenvalue weighted by molar-refractivity contribution is -0.141. The molecule has 8 nitrogen and oxygen atoms in total. The minimum absolute atomic E-state index is 0.103. The molecule has 1 amide bonds. The number of nitrogens with zero attached hydrogens (tertiary/aromatic N) is 2. The van der Waals surface area contributed by atoms with Crippen molar-refractivity contribution in [2.75, 3.05) is 20.3 Å². The van der Waals surface area contributed by atoms with Gasteiger partial charge in [0, 0.05) is 11.8 Å². The van der Waals surface area contributed by atoms with Crippen LogP contribution in [0.15, 0.2) is 60.8 Å². The number of amides is 1. The van der Waals surface area contributed by atoms with Crippen molar-refractivity contribution in [2.24, 2.45) is 0 Å². The standard InChI is InChI=1S/C21H18FN3O5/c1-29-19(27)11-23-18(26)13-30-21(28)17-12-25(16-5-3-2-4-6-16)24-20(17)14-7-9-15(22)10-8-14/h2-10,12H,11,13H2,1H3,(H,23,26). The average molecular weight is 411 g/mol. The number of nitrogens with one attached hydrogen (secondary N) is 1. The summed E-state index contributed by atoms with van der Waals surface area (Å²) in [7, 11) is 1.19. The van der Waals surface area contributed by atoms with Crippen LogP contribution in [0.1, 0.15) is 10.4 Å². The van der Waals surface area contributed by atoms with Crippen LogP contribution in [-0.4, -0.2) is 47.9 Å². The second kappa shape index (κ2) is 9.46. The van der Waals surface area contributed by atoms with Crippen LogP contribution in [0.3, 0.4) is 0 Å². The molecule has 3 aromatic rings. The topological polar surface area (TPSA) is 99.5 Å². The molecule has 30 heavy (non-hydrogen) atoms. The molecule has 0 fully saturated rings. The van der Waals surface area contributed by atoms with Gasteiger partial charge in [-0.2, -0.15) is 5.10 Å². The van der Waals surface area contributed by atoms with Crippen LogP contribution in [0.5, 0.6) is 0 Å². The molecule has 9 heteroatoms. The number of aromatic nitrogens is 2. The second-order valence-corrected chi connectivity index (χ2v) is 6.11. The van der Waals surface area contributed by atoms with Gasteiger partial charge in [0.2, 0.25) is 0 Å². The van der Waals surface area contributed by atoms with Gasteiger partial charge in [0.25, 0.3) is 5.91 Å². The monoisotopic (exact) mass is 411 g/mol. The summed E-state index contributed by atoms with van der Waals surface area (Å²) in [4.78, 5) is 35.4. The van der Waals surface area contributed by atoms with E-state index in [-0.39, 0.29) is 17.8 Å². The van der Waals surface area contributed by atoms with Crippen molar-refractivity contribution in [1.29, 1.82) is 0 Å². The molecule has 0 bridgehead atoms. The largest absolute Gasteiger partial charge is 0.468 e. The number of carbonyl (C=O) groups is 3. The Morgan fingerprint density at radius 2 is 1.77 bits per heavy atom. The van der Waals surface area contributed by atoms with Gasteiger partial charge in [-0.25, -0.2) is 13.9 Å². The number of hydrogen-bond donors (Lipinski definition) is 1. The van der Waals surface area contributed by atoms with Crippen molar-refractivity contribution in [1.82, 2.24) is 15.1 Å². The zero-order valence-corrected chi connectivity index (χ0v) is 16.0. The molecule has 0 aliphatic carbocycles. The molecular formula is C21H18FN3O5. The van der Waals surface area contributed by atoms with Crippen LogP contribution < -0.4 is 5.32 Å². The summed E-state index contributed by atoms with van der Waals surface area (Å²) in [5, 5.41) is 6.70. The minimum atomic E-state index is -0.787. The average Bonchev–Trinajstić information content (AvgIpc) is 3.22. The summed E-state index contributed by atoms with van der Waals surface area (Å²) < 4.78 is 24.3. The maximum Gasteiger partial charge on any atom is 0.342 e. The van der Waals surface area contributed by atoms with E-state index in [9.17, 15) is 18.8 Å². The van der Waals surface area contributed by atoms with Crippen LogP contribution in [0, 0.1) is 5.82 Å². The van der Waals surface area contributed by atoms with Crippen molar-refractivity contribution in [3.8, 4) is 16.9 Å². The first-order chi connectivity index (χ1) is 14.5. The van der Waals surface area contributed by atoms with Crippen molar-refractivity contribution < 1.29 is 28.2 Å². The molecule has 1 N–H and O–H groups in total. The Labute approximate surface area is 171 Å². The number of hydrogen-bond acceptors (Lipinski definition) is 6. The number of halogens is 1. The molecule has 1 heterocycles. The molecule has 0 aliphatic heterocycles. The quantitative estimate of drug-likeness (QED) is 0.598. The van der Waals surface area contributed by atoms with E-state index >= 15 is 0 Å². The van der Waals surface area contributed by atoms with Crippen molar-refractivity contribution in [3.63, 3.8) is 0 Å². The summed E-state index contributed by atoms with van der Waals surface area (Å²) >= 11 is 0. The van der Waals surface area contributed by atoms with Gasteiger partial charge in [-0.3, -0.25) is 9.59 Å². The molecule has 0 unspecified atom stereocenters. The summed E-state index contributed by atoms with van der Waals surface area (Å²) in [5.74, 6) is -2.50. The van der Waals surface area contributed by atoms with E-state index in [0.29, 0.717) is 11.3 Å². The Balaban J connectivity index is 1.82. The van der Waals surface area contributed by atoms with Gasteiger partial charge in [-0.1, -0.05) is 18.2 Å². The van der Waals surface area contributed by atoms with E-state index in [1.165, 1.54) is 42.3 Å². The molecule has 3 rings (SSSR count). The van der Waals surface area contributed by atoms with Gasteiger partial charge in [0.15, 0.2) is 6.61 Å². The Morgan fingerprint density at radius 3 is 2.43 bits per heavy atom. The van der Waals surface area contributed by atoms with E-state index in [4.69, 9.17) is 4.74 Å². The van der Waals surface area contributed by atoms with Crippen LogP contribution in [0.4, 0.5) is 4.39 Å². The van der Waals surface area contributed by atoms with Gasteiger partial charge >= 0.3 is 11.9 Å². The van der Waals surface area contributed by atoms with Gasteiger partial charge < -0.3 is 14.8 Å². The molecule has 0 saturated carbocycles. The second-order valence-electron chi connectivity index (χ2n) is 6.11. The van der Waals surface area contributed by atoms with Crippen LogP contribution in [0.2, 0.25) is 0 Å². The number of esters is 2. The molecular weight excluding hydrogens is 393 g/mol. The molecule has 0 aliphatic rings. The minimum Gasteiger partial charge on any atom is -0.468 e. The van der Waals surface area contributed by atoms with Crippen molar-refractivity contribution in [2.45, 2.75) is 0 Å². The SMILES string of the molecule is COC(=O)CNC(=O)COC(=O)c1cn(-c2ccccc2)nc1-c1ccc(F)cc1. The third-order valence-corrected chi connectivity index (χ3v) is 4.06. The predicted octanol–water partition coefficient (Wildman–Crippen LogP) is 2.12. The zero-order chi connectivity index (χ0) is 21.5. The first-order valence-electron chi connectivity index (χ1n) is 8.89. The van der Waals surface area contributed by atoms with E-state index in [2.05, 4.69) is 15.2 Å². The van der Waals surface area contributed by atoms with E-state index in [1.54, 1.807) is 12.1 Å². The lowest BCUT2D eigenvalue weighted by Crippen LogP contribution is -2.33. The lowest BCUT2D eigenvalue weighted by Gasteiger charge is -2.06. The van der Waals surface area contributed by atoms with Crippen molar-refractivity contribution >= 4 is 17.8 Å². The first kappa shape index (κ1) is 20.7. The fraction of sp³-hybridized carbons (Fsp3) is 0.143. The summed E-state index contributed by atoms with van der Waals surface area (Å²) in [6.07, 6.45) is 1.47. The highest BCUT2D eigenvalue weighted by molar-refractivity contribution is 5.97. The zero-order valence-electron chi connectivity index (χ0n) is 16.0. The Morgan fingerprint density at radius 1 is 1.07 bits per heavy atom. The third kappa shape index (κ3) is 5.07. The highest BCUT2D eigenvalue weighted by Crippen LogP contribution is 2.24. The van der Waals surface area contributed by atoms with Crippen LogP contribution >= 0.6 is 0 Å². The molecule has 1 aromatic heterocycles. The van der Waals surface area contributed by atoms with E-state index < -0.39 is 30.3 Å². The van der Waals surface area contributed by atoms with Gasteiger partial charge in [0.05, 0.1) is 12.8 Å². The maximum absolute atomic E-state index is 13.3. The predicted molar refractivity (Wildman–Crippen MR) is 104 cm³/mol. The lowest BCUT2D eigenvalue weighted by atomic mass is 10.1. The number of benzene rings is 2. The molecule has 0 saturated heterocycles. The smallest absolute Gasteiger partial charge is 0.342 e. The molecule has 0 atom stereocenters. The number of para-hydroxylation sites is 1. The Kier molecular flexibility index (Phi) is 6.53. The summed E-state index contributed by atoms with van der Waals surface area (Å²) in [6, 6.07) is 14.6. The Bertz CT molecular complexity index is 1050. The van der Waals surface area contributed by atoms with E-state index in [1.807, 2.05) is 18.2 Å². The van der Waals surface area contributed by atoms with Crippen LogP contribution in [-0.2, 0) is 19.1 Å². The number of rotatable bonds is 7. The van der Waals surface area contributed by atoms with Gasteiger partial charge in [0.1, 0.15) is 23.6 Å². The Hall–Kier alpha value is -4.01. The number of ether oxygens (including phenoxy) is 2. The summed E-state index contributed by atoms with van der Waals surface area (Å²) in [6.45, 7) is -0.922.